The van der Waals surface area contributed by atoms with Gasteiger partial charge in [0.15, 0.2) is 5.78 Å². The molecule has 1 aromatic rings. The molecule has 1 fully saturated rings. The van der Waals surface area contributed by atoms with Crippen LogP contribution >= 0.6 is 0 Å². The van der Waals surface area contributed by atoms with Gasteiger partial charge in [-0.2, -0.15) is 0 Å². The Morgan fingerprint density at radius 2 is 2.16 bits per heavy atom. The van der Waals surface area contributed by atoms with Gasteiger partial charge in [-0.3, -0.25) is 4.79 Å². The van der Waals surface area contributed by atoms with E-state index in [2.05, 4.69) is 18.7 Å². The molecule has 0 N–H and O–H groups in total. The van der Waals surface area contributed by atoms with Crippen LogP contribution in [0.1, 0.15) is 42.6 Å². The SMILES string of the molecule is CCC1CC(C)CN1/C=C/C(=O)c1ccccc1C. The molecule has 2 nitrogen and oxygen atoms in total. The third-order valence-corrected chi connectivity index (χ3v) is 3.97. The summed E-state index contributed by atoms with van der Waals surface area (Å²) >= 11 is 0. The Kier molecular flexibility index (Phi) is 4.41. The molecule has 1 aromatic carbocycles. The van der Waals surface area contributed by atoms with Gasteiger partial charge >= 0.3 is 0 Å². The van der Waals surface area contributed by atoms with Crippen molar-refractivity contribution in [3.63, 3.8) is 0 Å². The van der Waals surface area contributed by atoms with Crippen molar-refractivity contribution in [2.24, 2.45) is 5.92 Å². The van der Waals surface area contributed by atoms with Gasteiger partial charge < -0.3 is 4.90 Å². The average molecular weight is 257 g/mol. The third-order valence-electron chi connectivity index (χ3n) is 3.97. The number of hydrogen-bond acceptors (Lipinski definition) is 2. The smallest absolute Gasteiger partial charge is 0.187 e. The summed E-state index contributed by atoms with van der Waals surface area (Å²) in [6.45, 7) is 7.54. The fourth-order valence-electron chi connectivity index (χ4n) is 2.87. The molecule has 1 heterocycles. The zero-order valence-electron chi connectivity index (χ0n) is 12.1. The number of rotatable bonds is 4. The number of benzene rings is 1. The Morgan fingerprint density at radius 1 is 1.42 bits per heavy atom. The van der Waals surface area contributed by atoms with Crippen LogP contribution in [-0.4, -0.2) is 23.3 Å². The minimum absolute atomic E-state index is 0.104. The Hall–Kier alpha value is -1.57. The van der Waals surface area contributed by atoms with Crippen molar-refractivity contribution in [3.05, 3.63) is 47.7 Å². The second-order valence-electron chi connectivity index (χ2n) is 5.59. The molecule has 1 saturated heterocycles. The van der Waals surface area contributed by atoms with Crippen LogP contribution in [-0.2, 0) is 0 Å². The van der Waals surface area contributed by atoms with E-state index in [9.17, 15) is 4.79 Å². The molecule has 1 aliphatic rings. The summed E-state index contributed by atoms with van der Waals surface area (Å²) < 4.78 is 0. The standard InChI is InChI=1S/C17H23NO/c1-4-15-11-13(2)12-18(15)10-9-17(19)16-8-6-5-7-14(16)3/h5-10,13,15H,4,11-12H2,1-3H3/b10-9+. The van der Waals surface area contributed by atoms with E-state index >= 15 is 0 Å². The maximum Gasteiger partial charge on any atom is 0.187 e. The lowest BCUT2D eigenvalue weighted by Crippen LogP contribution is -2.23. The molecule has 0 bridgehead atoms. The third kappa shape index (κ3) is 3.25. The maximum absolute atomic E-state index is 12.2. The van der Waals surface area contributed by atoms with Crippen LogP contribution in [0.4, 0.5) is 0 Å². The first-order valence-electron chi connectivity index (χ1n) is 7.15. The highest BCUT2D eigenvalue weighted by Crippen LogP contribution is 2.25. The predicted octanol–water partition coefficient (Wildman–Crippen LogP) is 3.81. The first-order valence-corrected chi connectivity index (χ1v) is 7.15. The molecule has 2 heteroatoms. The number of ketones is 1. The van der Waals surface area contributed by atoms with Crippen molar-refractivity contribution in [1.82, 2.24) is 4.90 Å². The molecule has 0 aromatic heterocycles. The number of allylic oxidation sites excluding steroid dienone is 1. The number of carbonyl (C=O) groups excluding carboxylic acids is 1. The number of carbonyl (C=O) groups is 1. The van der Waals surface area contributed by atoms with Gasteiger partial charge in [0.2, 0.25) is 0 Å². The van der Waals surface area contributed by atoms with E-state index < -0.39 is 0 Å². The lowest BCUT2D eigenvalue weighted by atomic mass is 10.0. The quantitative estimate of drug-likeness (QED) is 0.604. The lowest BCUT2D eigenvalue weighted by Gasteiger charge is -2.20. The highest BCUT2D eigenvalue weighted by atomic mass is 16.1. The lowest BCUT2D eigenvalue weighted by molar-refractivity contribution is 0.104. The second kappa shape index (κ2) is 6.05. The normalized spacial score (nSPS) is 23.2. The van der Waals surface area contributed by atoms with Crippen molar-refractivity contribution in [1.29, 1.82) is 0 Å². The van der Waals surface area contributed by atoms with Crippen LogP contribution in [0.3, 0.4) is 0 Å². The van der Waals surface area contributed by atoms with Crippen molar-refractivity contribution >= 4 is 5.78 Å². The Morgan fingerprint density at radius 3 is 2.84 bits per heavy atom. The van der Waals surface area contributed by atoms with Gasteiger partial charge in [0.25, 0.3) is 0 Å². The first kappa shape index (κ1) is 13.9. The van der Waals surface area contributed by atoms with Gasteiger partial charge in [-0.1, -0.05) is 38.1 Å². The summed E-state index contributed by atoms with van der Waals surface area (Å²) in [5.41, 5.74) is 1.85. The van der Waals surface area contributed by atoms with E-state index in [1.807, 2.05) is 37.4 Å². The molecule has 0 aliphatic carbocycles. The maximum atomic E-state index is 12.2. The summed E-state index contributed by atoms with van der Waals surface area (Å²) in [5.74, 6) is 0.829. The topological polar surface area (TPSA) is 20.3 Å². The van der Waals surface area contributed by atoms with Gasteiger partial charge in [0, 0.05) is 30.4 Å². The molecule has 0 saturated carbocycles. The van der Waals surface area contributed by atoms with Crippen molar-refractivity contribution in [3.8, 4) is 0 Å². The van der Waals surface area contributed by atoms with Crippen LogP contribution < -0.4 is 0 Å². The minimum atomic E-state index is 0.104. The second-order valence-corrected chi connectivity index (χ2v) is 5.59. The van der Waals surface area contributed by atoms with Gasteiger partial charge in [-0.25, -0.2) is 0 Å². The highest BCUT2D eigenvalue weighted by molar-refractivity contribution is 6.05. The van der Waals surface area contributed by atoms with Crippen LogP contribution in [0.25, 0.3) is 0 Å². The molecular formula is C17H23NO. The summed E-state index contributed by atoms with van der Waals surface area (Å²) in [6.07, 6.45) is 6.10. The van der Waals surface area contributed by atoms with E-state index in [1.165, 1.54) is 6.42 Å². The fourth-order valence-corrected chi connectivity index (χ4v) is 2.87. The molecule has 0 spiro atoms. The summed E-state index contributed by atoms with van der Waals surface area (Å²) in [6, 6.07) is 8.35. The van der Waals surface area contributed by atoms with Crippen LogP contribution in [0, 0.1) is 12.8 Å². The number of hydrogen-bond donors (Lipinski definition) is 0. The molecule has 0 radical (unpaired) electrons. The molecule has 1 aliphatic heterocycles. The summed E-state index contributed by atoms with van der Waals surface area (Å²) in [4.78, 5) is 14.5. The molecular weight excluding hydrogens is 234 g/mol. The first-order chi connectivity index (χ1) is 9.11. The van der Waals surface area contributed by atoms with Gasteiger partial charge in [0.05, 0.1) is 0 Å². The largest absolute Gasteiger partial charge is 0.374 e. The van der Waals surface area contributed by atoms with E-state index in [0.29, 0.717) is 6.04 Å². The summed E-state index contributed by atoms with van der Waals surface area (Å²) in [5, 5.41) is 0. The number of aryl methyl sites for hydroxylation is 1. The average Bonchev–Trinajstić information content (AvgIpc) is 2.77. The highest BCUT2D eigenvalue weighted by Gasteiger charge is 2.25. The predicted molar refractivity (Wildman–Crippen MR) is 79.2 cm³/mol. The summed E-state index contributed by atoms with van der Waals surface area (Å²) in [7, 11) is 0. The minimum Gasteiger partial charge on any atom is -0.374 e. The molecule has 2 atom stereocenters. The fraction of sp³-hybridized carbons (Fsp3) is 0.471. The number of nitrogens with zero attached hydrogens (tertiary/aromatic N) is 1. The van der Waals surface area contributed by atoms with Crippen molar-refractivity contribution in [2.75, 3.05) is 6.54 Å². The Balaban J connectivity index is 2.07. The van der Waals surface area contributed by atoms with Gasteiger partial charge in [0.1, 0.15) is 0 Å². The van der Waals surface area contributed by atoms with Gasteiger partial charge in [-0.15, -0.1) is 0 Å². The van der Waals surface area contributed by atoms with Crippen molar-refractivity contribution < 1.29 is 4.79 Å². The zero-order valence-corrected chi connectivity index (χ0v) is 12.1. The molecule has 2 unspecified atom stereocenters. The molecule has 19 heavy (non-hydrogen) atoms. The van der Waals surface area contributed by atoms with Crippen LogP contribution in [0.5, 0.6) is 0 Å². The van der Waals surface area contributed by atoms with E-state index in [4.69, 9.17) is 0 Å². The van der Waals surface area contributed by atoms with Crippen LogP contribution in [0.15, 0.2) is 36.5 Å². The van der Waals surface area contributed by atoms with Gasteiger partial charge in [-0.05, 0) is 31.2 Å². The molecule has 2 rings (SSSR count). The van der Waals surface area contributed by atoms with E-state index in [0.717, 1.165) is 30.0 Å². The van der Waals surface area contributed by atoms with E-state index in [-0.39, 0.29) is 5.78 Å². The Bertz CT molecular complexity index is 478. The van der Waals surface area contributed by atoms with E-state index in [1.54, 1.807) is 6.08 Å². The van der Waals surface area contributed by atoms with Crippen molar-refractivity contribution in [2.45, 2.75) is 39.7 Å². The molecule has 102 valence electrons. The zero-order chi connectivity index (χ0) is 13.8. The Labute approximate surface area is 116 Å². The van der Waals surface area contributed by atoms with Crippen LogP contribution in [0.2, 0.25) is 0 Å². The monoisotopic (exact) mass is 257 g/mol. The number of likely N-dealkylation sites (tertiary alicyclic amines) is 1. The molecule has 0 amide bonds.